The number of rotatable bonds is 4. The number of fused-ring (bicyclic) bond motifs is 4. The highest BCUT2D eigenvalue weighted by Gasteiger charge is 2.59. The van der Waals surface area contributed by atoms with Gasteiger partial charge >= 0.3 is 5.97 Å². The minimum absolute atomic E-state index is 0.0296. The fourth-order valence-electron chi connectivity index (χ4n) is 6.61. The third-order valence-corrected chi connectivity index (χ3v) is 7.98. The lowest BCUT2D eigenvalue weighted by atomic mass is 9.48. The van der Waals surface area contributed by atoms with E-state index in [1.165, 1.54) is 18.1 Å². The number of carbonyl (C=O) groups excluding carboxylic acids is 2. The maximum Gasteiger partial charge on any atom is 0.302 e. The van der Waals surface area contributed by atoms with Crippen LogP contribution in [0.3, 0.4) is 0 Å². The molecule has 172 valence electrons. The molecule has 1 amide bonds. The van der Waals surface area contributed by atoms with Gasteiger partial charge in [0.25, 0.3) is 0 Å². The van der Waals surface area contributed by atoms with E-state index in [1.807, 2.05) is 36.4 Å². The highest BCUT2D eigenvalue weighted by Crippen LogP contribution is 2.58. The van der Waals surface area contributed by atoms with Gasteiger partial charge in [0.2, 0.25) is 5.91 Å². The Balaban J connectivity index is 1.55. The lowest BCUT2D eigenvalue weighted by Crippen LogP contribution is -2.60. The summed E-state index contributed by atoms with van der Waals surface area (Å²) in [6.07, 6.45) is 4.61. The second kappa shape index (κ2) is 8.05. The molecule has 1 saturated carbocycles. The molecule has 5 heteroatoms. The second-order valence-corrected chi connectivity index (χ2v) is 10.2. The van der Waals surface area contributed by atoms with E-state index < -0.39 is 5.41 Å². The van der Waals surface area contributed by atoms with Crippen molar-refractivity contribution in [2.24, 2.45) is 11.3 Å². The fourth-order valence-corrected chi connectivity index (χ4v) is 6.61. The van der Waals surface area contributed by atoms with Gasteiger partial charge in [-0.2, -0.15) is 0 Å². The van der Waals surface area contributed by atoms with E-state index in [0.29, 0.717) is 13.0 Å². The predicted molar refractivity (Wildman–Crippen MR) is 127 cm³/mol. The summed E-state index contributed by atoms with van der Waals surface area (Å²) in [5, 5.41) is 4.24. The molecule has 0 bridgehead atoms. The molecule has 3 aromatic rings. The van der Waals surface area contributed by atoms with Crippen LogP contribution in [0.25, 0.3) is 11.0 Å². The van der Waals surface area contributed by atoms with Crippen LogP contribution >= 0.6 is 0 Å². The van der Waals surface area contributed by atoms with Gasteiger partial charge in [-0.05, 0) is 47.7 Å². The number of esters is 1. The van der Waals surface area contributed by atoms with Gasteiger partial charge in [0.1, 0.15) is 11.7 Å². The van der Waals surface area contributed by atoms with Crippen molar-refractivity contribution in [1.29, 1.82) is 0 Å². The average Bonchev–Trinajstić information content (AvgIpc) is 3.24. The molecule has 0 saturated heterocycles. The summed E-state index contributed by atoms with van der Waals surface area (Å²) in [5.74, 6) is -0.395. The maximum absolute atomic E-state index is 13.7. The van der Waals surface area contributed by atoms with E-state index in [2.05, 4.69) is 31.3 Å². The van der Waals surface area contributed by atoms with Crippen LogP contribution in [0.5, 0.6) is 0 Å². The standard InChI is InChI=1S/C28H31NO4/c1-18(30)33-24-15-21-14-20-10-13-32-23(20)16-22(21)27(2)11-7-12-28(3,25(24)27)26(31)29-17-19-8-5-4-6-9-19/h4-6,8-10,13-14,16,24-25H,7,11-12,15,17H2,1-3H3,(H,29,31)/t24-,25-,27-,28-/m1/s1. The van der Waals surface area contributed by atoms with Crippen molar-refractivity contribution < 1.29 is 18.7 Å². The highest BCUT2D eigenvalue weighted by atomic mass is 16.5. The summed E-state index contributed by atoms with van der Waals surface area (Å²) >= 11 is 0. The number of nitrogens with one attached hydrogen (secondary N) is 1. The van der Waals surface area contributed by atoms with Crippen LogP contribution in [-0.4, -0.2) is 18.0 Å². The molecule has 33 heavy (non-hydrogen) atoms. The van der Waals surface area contributed by atoms with Crippen LogP contribution in [-0.2, 0) is 32.7 Å². The Kier molecular flexibility index (Phi) is 5.31. The molecule has 0 aliphatic heterocycles. The van der Waals surface area contributed by atoms with Crippen molar-refractivity contribution in [1.82, 2.24) is 5.32 Å². The fraction of sp³-hybridized carbons (Fsp3) is 0.429. The molecule has 5 nitrogen and oxygen atoms in total. The molecule has 0 spiro atoms. The van der Waals surface area contributed by atoms with Crippen molar-refractivity contribution in [3.8, 4) is 0 Å². The summed E-state index contributed by atoms with van der Waals surface area (Å²) in [5.41, 5.74) is 3.38. The second-order valence-electron chi connectivity index (χ2n) is 10.2. The monoisotopic (exact) mass is 445 g/mol. The first-order chi connectivity index (χ1) is 15.8. The number of amides is 1. The van der Waals surface area contributed by atoms with Crippen molar-refractivity contribution in [2.45, 2.75) is 64.5 Å². The minimum atomic E-state index is -0.655. The SMILES string of the molecule is CC(=O)O[C@@H]1Cc2cc3ccoc3cc2[C@@]2(C)CCC[C@@](C)(C(=O)NCc3ccccc3)[C@H]12. The molecule has 1 aromatic heterocycles. The Morgan fingerprint density at radius 2 is 1.91 bits per heavy atom. The van der Waals surface area contributed by atoms with Crippen LogP contribution in [0.2, 0.25) is 0 Å². The summed E-state index contributed by atoms with van der Waals surface area (Å²) in [7, 11) is 0. The highest BCUT2D eigenvalue weighted by molar-refractivity contribution is 5.84. The van der Waals surface area contributed by atoms with Gasteiger partial charge in [-0.25, -0.2) is 0 Å². The molecule has 1 fully saturated rings. The van der Waals surface area contributed by atoms with E-state index in [9.17, 15) is 9.59 Å². The van der Waals surface area contributed by atoms with Crippen LogP contribution in [0.1, 0.15) is 56.7 Å². The van der Waals surface area contributed by atoms with E-state index in [1.54, 1.807) is 6.26 Å². The Morgan fingerprint density at radius 3 is 2.67 bits per heavy atom. The molecular formula is C28H31NO4. The molecule has 2 aliphatic rings. The first-order valence-electron chi connectivity index (χ1n) is 11.8. The number of furan rings is 1. The van der Waals surface area contributed by atoms with E-state index in [-0.39, 0.29) is 29.3 Å². The van der Waals surface area contributed by atoms with Gasteiger partial charge in [-0.3, -0.25) is 9.59 Å². The molecule has 5 rings (SSSR count). The van der Waals surface area contributed by atoms with Crippen LogP contribution in [0.4, 0.5) is 0 Å². The predicted octanol–water partition coefficient (Wildman–Crippen LogP) is 5.30. The molecule has 4 atom stereocenters. The van der Waals surface area contributed by atoms with Crippen molar-refractivity contribution in [2.75, 3.05) is 0 Å². The zero-order chi connectivity index (χ0) is 23.2. The largest absolute Gasteiger partial charge is 0.464 e. The smallest absolute Gasteiger partial charge is 0.302 e. The topological polar surface area (TPSA) is 68.5 Å². The minimum Gasteiger partial charge on any atom is -0.464 e. The Labute approximate surface area is 194 Å². The van der Waals surface area contributed by atoms with Gasteiger partial charge in [0.05, 0.1) is 11.7 Å². The van der Waals surface area contributed by atoms with E-state index >= 15 is 0 Å². The Bertz CT molecular complexity index is 1200. The van der Waals surface area contributed by atoms with Crippen LogP contribution < -0.4 is 5.32 Å². The molecule has 1 heterocycles. The number of benzene rings is 2. The number of hydrogen-bond acceptors (Lipinski definition) is 4. The lowest BCUT2D eigenvalue weighted by Gasteiger charge is -2.56. The first kappa shape index (κ1) is 21.7. The summed E-state index contributed by atoms with van der Waals surface area (Å²) < 4.78 is 11.7. The third kappa shape index (κ3) is 3.64. The lowest BCUT2D eigenvalue weighted by molar-refractivity contribution is -0.165. The normalized spacial score (nSPS) is 28.6. The summed E-state index contributed by atoms with van der Waals surface area (Å²) in [6, 6.07) is 16.2. The van der Waals surface area contributed by atoms with Gasteiger partial charge < -0.3 is 14.5 Å². The van der Waals surface area contributed by atoms with Crippen LogP contribution in [0.15, 0.2) is 59.2 Å². The Hall–Kier alpha value is -3.08. The van der Waals surface area contributed by atoms with Gasteiger partial charge in [-0.1, -0.05) is 50.6 Å². The molecule has 1 N–H and O–H groups in total. The number of ether oxygens (including phenoxy) is 1. The molecule has 2 aromatic carbocycles. The summed E-state index contributed by atoms with van der Waals surface area (Å²) in [4.78, 5) is 25.9. The zero-order valence-corrected chi connectivity index (χ0v) is 19.5. The number of hydrogen-bond donors (Lipinski definition) is 1. The third-order valence-electron chi connectivity index (χ3n) is 7.98. The van der Waals surface area contributed by atoms with E-state index in [0.717, 1.165) is 35.8 Å². The quantitative estimate of drug-likeness (QED) is 0.553. The molecule has 0 radical (unpaired) electrons. The number of carbonyl (C=O) groups is 2. The maximum atomic E-state index is 13.7. The summed E-state index contributed by atoms with van der Waals surface area (Å²) in [6.45, 7) is 6.24. The average molecular weight is 446 g/mol. The van der Waals surface area contributed by atoms with Gasteiger partial charge in [0, 0.05) is 36.6 Å². The molecule has 0 unspecified atom stereocenters. The van der Waals surface area contributed by atoms with Crippen LogP contribution in [0, 0.1) is 11.3 Å². The van der Waals surface area contributed by atoms with Crippen molar-refractivity contribution in [3.05, 3.63) is 71.5 Å². The van der Waals surface area contributed by atoms with Gasteiger partial charge in [-0.15, -0.1) is 0 Å². The van der Waals surface area contributed by atoms with Gasteiger partial charge in [0.15, 0.2) is 0 Å². The first-order valence-corrected chi connectivity index (χ1v) is 11.8. The van der Waals surface area contributed by atoms with Crippen molar-refractivity contribution in [3.63, 3.8) is 0 Å². The molecule has 2 aliphatic carbocycles. The molecular weight excluding hydrogens is 414 g/mol. The zero-order valence-electron chi connectivity index (χ0n) is 19.5. The van der Waals surface area contributed by atoms with Crippen molar-refractivity contribution >= 4 is 22.8 Å². The Morgan fingerprint density at radius 1 is 1.12 bits per heavy atom. The van der Waals surface area contributed by atoms with E-state index in [4.69, 9.17) is 9.15 Å².